The van der Waals surface area contributed by atoms with Crippen molar-refractivity contribution in [1.29, 1.82) is 5.26 Å². The van der Waals surface area contributed by atoms with Gasteiger partial charge in [0.25, 0.3) is 5.91 Å². The van der Waals surface area contributed by atoms with Gasteiger partial charge in [0.1, 0.15) is 5.82 Å². The van der Waals surface area contributed by atoms with Gasteiger partial charge in [-0.15, -0.1) is 0 Å². The van der Waals surface area contributed by atoms with E-state index in [0.717, 1.165) is 5.56 Å². The predicted molar refractivity (Wildman–Crippen MR) is 101 cm³/mol. The van der Waals surface area contributed by atoms with Crippen LogP contribution in [0.3, 0.4) is 0 Å². The van der Waals surface area contributed by atoms with Gasteiger partial charge in [-0.25, -0.2) is 10.4 Å². The maximum absolute atomic E-state index is 13.0. The lowest BCUT2D eigenvalue weighted by Gasteiger charge is -2.39. The molecule has 0 aliphatic carbocycles. The molecule has 0 saturated carbocycles. The molecule has 9 nitrogen and oxygen atoms in total. The first-order valence-electron chi connectivity index (χ1n) is 9.49. The third-order valence-corrected chi connectivity index (χ3v) is 5.36. The summed E-state index contributed by atoms with van der Waals surface area (Å²) in [5.74, 6) is 0.482. The number of aromatic nitrogens is 2. The Hall–Kier alpha value is -3.12. The molecule has 3 aliphatic rings. The summed E-state index contributed by atoms with van der Waals surface area (Å²) in [6.07, 6.45) is 4.14. The SMILES string of the molecule is CCC(=O)N1CC(n2cc(C3=C(C(C)C)C(=O)N4NCC(C#N)=C4N3)cn2)C1. The van der Waals surface area contributed by atoms with Crippen LogP contribution in [0.15, 0.2) is 29.4 Å². The number of hydrazine groups is 1. The topological polar surface area (TPSA) is 106 Å². The minimum Gasteiger partial charge on any atom is -0.339 e. The molecule has 1 aromatic heterocycles. The van der Waals surface area contributed by atoms with Crippen molar-refractivity contribution >= 4 is 17.5 Å². The Bertz CT molecular complexity index is 944. The molecule has 0 atom stereocenters. The summed E-state index contributed by atoms with van der Waals surface area (Å²) in [6.45, 7) is 7.42. The fourth-order valence-corrected chi connectivity index (χ4v) is 3.75. The molecule has 146 valence electrons. The quantitative estimate of drug-likeness (QED) is 0.796. The summed E-state index contributed by atoms with van der Waals surface area (Å²) in [4.78, 5) is 26.6. The minimum atomic E-state index is -0.153. The van der Waals surface area contributed by atoms with E-state index >= 15 is 0 Å². The fraction of sp³-hybridized carbons (Fsp3) is 0.474. The lowest BCUT2D eigenvalue weighted by molar-refractivity contribution is -0.136. The van der Waals surface area contributed by atoms with Gasteiger partial charge in [0, 0.05) is 36.8 Å². The minimum absolute atomic E-state index is 0.00537. The van der Waals surface area contributed by atoms with Crippen LogP contribution in [-0.4, -0.2) is 51.1 Å². The number of likely N-dealkylation sites (tertiary alicyclic amines) is 1. The van der Waals surface area contributed by atoms with Crippen LogP contribution in [0.25, 0.3) is 5.70 Å². The highest BCUT2D eigenvalue weighted by molar-refractivity contribution is 6.04. The second-order valence-corrected chi connectivity index (χ2v) is 7.50. The number of fused-ring (bicyclic) bond motifs is 1. The van der Waals surface area contributed by atoms with Crippen molar-refractivity contribution in [2.24, 2.45) is 5.92 Å². The Morgan fingerprint density at radius 3 is 2.82 bits per heavy atom. The van der Waals surface area contributed by atoms with E-state index in [4.69, 9.17) is 0 Å². The van der Waals surface area contributed by atoms with Crippen LogP contribution in [0, 0.1) is 17.2 Å². The number of carbonyl (C=O) groups is 2. The highest BCUT2D eigenvalue weighted by Gasteiger charge is 2.38. The number of hydrogen-bond acceptors (Lipinski definition) is 6. The van der Waals surface area contributed by atoms with Crippen LogP contribution in [0.4, 0.5) is 0 Å². The molecule has 28 heavy (non-hydrogen) atoms. The van der Waals surface area contributed by atoms with E-state index in [9.17, 15) is 14.9 Å². The monoisotopic (exact) mass is 381 g/mol. The summed E-state index contributed by atoms with van der Waals surface area (Å²) in [7, 11) is 0. The van der Waals surface area contributed by atoms with E-state index in [2.05, 4.69) is 21.9 Å². The average molecular weight is 381 g/mol. The molecule has 1 fully saturated rings. The van der Waals surface area contributed by atoms with E-state index in [0.29, 0.717) is 48.7 Å². The molecule has 4 rings (SSSR count). The number of nitriles is 1. The van der Waals surface area contributed by atoms with Gasteiger partial charge < -0.3 is 10.2 Å². The normalized spacial score (nSPS) is 19.8. The summed E-state index contributed by atoms with van der Waals surface area (Å²) >= 11 is 0. The van der Waals surface area contributed by atoms with E-state index in [1.165, 1.54) is 5.01 Å². The number of hydrogen-bond donors (Lipinski definition) is 2. The highest BCUT2D eigenvalue weighted by Crippen LogP contribution is 2.32. The van der Waals surface area contributed by atoms with Gasteiger partial charge in [-0.3, -0.25) is 14.3 Å². The molecule has 3 aliphatic heterocycles. The van der Waals surface area contributed by atoms with Gasteiger partial charge in [0.15, 0.2) is 0 Å². The maximum Gasteiger partial charge on any atom is 0.272 e. The van der Waals surface area contributed by atoms with Crippen molar-refractivity contribution < 1.29 is 9.59 Å². The fourth-order valence-electron chi connectivity index (χ4n) is 3.75. The van der Waals surface area contributed by atoms with Crippen LogP contribution < -0.4 is 10.7 Å². The lowest BCUT2D eigenvalue weighted by Crippen LogP contribution is -2.50. The molecule has 0 unspecified atom stereocenters. The highest BCUT2D eigenvalue weighted by atomic mass is 16.2. The second kappa shape index (κ2) is 6.80. The zero-order chi connectivity index (χ0) is 20.0. The van der Waals surface area contributed by atoms with Gasteiger partial charge in [-0.1, -0.05) is 20.8 Å². The smallest absolute Gasteiger partial charge is 0.272 e. The van der Waals surface area contributed by atoms with Crippen LogP contribution >= 0.6 is 0 Å². The summed E-state index contributed by atoms with van der Waals surface area (Å²) in [5, 5.41) is 18.5. The third kappa shape index (κ3) is 2.77. The molecule has 0 radical (unpaired) electrons. The lowest BCUT2D eigenvalue weighted by atomic mass is 9.95. The Labute approximate surface area is 163 Å². The number of carbonyl (C=O) groups excluding carboxylic acids is 2. The van der Waals surface area contributed by atoms with Crippen LogP contribution in [0.5, 0.6) is 0 Å². The van der Waals surface area contributed by atoms with Crippen molar-refractivity contribution in [1.82, 2.24) is 30.4 Å². The molecular formula is C19H23N7O2. The van der Waals surface area contributed by atoms with Crippen LogP contribution in [-0.2, 0) is 9.59 Å². The largest absolute Gasteiger partial charge is 0.339 e. The molecule has 0 spiro atoms. The van der Waals surface area contributed by atoms with E-state index < -0.39 is 0 Å². The zero-order valence-corrected chi connectivity index (χ0v) is 16.2. The van der Waals surface area contributed by atoms with Gasteiger partial charge in [0.2, 0.25) is 5.91 Å². The van der Waals surface area contributed by atoms with Crippen molar-refractivity contribution in [2.75, 3.05) is 19.6 Å². The number of nitrogens with one attached hydrogen (secondary N) is 2. The third-order valence-electron chi connectivity index (χ3n) is 5.36. The van der Waals surface area contributed by atoms with E-state index in [1.54, 1.807) is 6.20 Å². The van der Waals surface area contributed by atoms with Crippen molar-refractivity contribution in [2.45, 2.75) is 33.2 Å². The molecule has 1 aromatic rings. The molecule has 9 heteroatoms. The van der Waals surface area contributed by atoms with Crippen LogP contribution in [0.1, 0.15) is 38.8 Å². The van der Waals surface area contributed by atoms with Crippen molar-refractivity contribution in [3.63, 3.8) is 0 Å². The molecular weight excluding hydrogens is 358 g/mol. The predicted octanol–water partition coefficient (Wildman–Crippen LogP) is 0.729. The first-order valence-corrected chi connectivity index (χ1v) is 9.49. The second-order valence-electron chi connectivity index (χ2n) is 7.50. The van der Waals surface area contributed by atoms with Gasteiger partial charge in [-0.05, 0) is 5.92 Å². The summed E-state index contributed by atoms with van der Waals surface area (Å²) in [5.41, 5.74) is 5.59. The molecule has 0 bridgehead atoms. The van der Waals surface area contributed by atoms with E-state index in [-0.39, 0.29) is 23.8 Å². The van der Waals surface area contributed by atoms with E-state index in [1.807, 2.05) is 36.5 Å². The Morgan fingerprint density at radius 2 is 2.18 bits per heavy atom. The first kappa shape index (κ1) is 18.3. The summed E-state index contributed by atoms with van der Waals surface area (Å²) < 4.78 is 1.85. The molecule has 0 aromatic carbocycles. The molecule has 1 saturated heterocycles. The standard InChI is InChI=1S/C19H23N7O2/c1-4-15(27)24-9-14(10-24)25-8-13(7-21-25)17-16(11(2)3)19(28)26-18(23-17)12(5-20)6-22-26/h7-8,11,14,22-23H,4,6,9-10H2,1-3H3. The Morgan fingerprint density at radius 1 is 1.43 bits per heavy atom. The summed E-state index contributed by atoms with van der Waals surface area (Å²) in [6, 6.07) is 2.29. The van der Waals surface area contributed by atoms with Gasteiger partial charge >= 0.3 is 0 Å². The first-order chi connectivity index (χ1) is 13.4. The number of rotatable bonds is 4. The number of nitrogens with zero attached hydrogens (tertiary/aromatic N) is 5. The van der Waals surface area contributed by atoms with Crippen molar-refractivity contribution in [3.05, 3.63) is 34.9 Å². The molecule has 2 amide bonds. The maximum atomic E-state index is 13.0. The molecule has 2 N–H and O–H groups in total. The van der Waals surface area contributed by atoms with Crippen molar-refractivity contribution in [3.8, 4) is 6.07 Å². The Balaban J connectivity index is 1.64. The zero-order valence-electron chi connectivity index (χ0n) is 16.2. The molecule has 4 heterocycles. The van der Waals surface area contributed by atoms with Gasteiger partial charge in [-0.2, -0.15) is 10.4 Å². The Kier molecular flexibility index (Phi) is 4.43. The number of amides is 2. The average Bonchev–Trinajstić information content (AvgIpc) is 3.26. The van der Waals surface area contributed by atoms with Crippen LogP contribution in [0.2, 0.25) is 0 Å². The van der Waals surface area contributed by atoms with Gasteiger partial charge in [0.05, 0.1) is 36.1 Å².